The molecule has 2 aromatic rings. The quantitative estimate of drug-likeness (QED) is 0.866. The van der Waals surface area contributed by atoms with E-state index in [-0.39, 0.29) is 0 Å². The van der Waals surface area contributed by atoms with Gasteiger partial charge in [-0.3, -0.25) is 5.10 Å². The zero-order valence-electron chi connectivity index (χ0n) is 10.5. The number of H-pyrrole nitrogens is 1. The van der Waals surface area contributed by atoms with Crippen molar-refractivity contribution in [2.75, 3.05) is 13.1 Å². The zero-order chi connectivity index (χ0) is 12.2. The molecule has 0 atom stereocenters. The highest BCUT2D eigenvalue weighted by Gasteiger charge is 2.19. The Balaban J connectivity index is 1.78. The minimum absolute atomic E-state index is 0.646. The molecular weight excluding hydrogens is 222 g/mol. The van der Waals surface area contributed by atoms with Gasteiger partial charge in [-0.2, -0.15) is 5.10 Å². The Morgan fingerprint density at radius 1 is 1.11 bits per heavy atom. The molecule has 3 rings (SSSR count). The standard InChI is InChI=1S/C15H19N3/c1-2-4-12(5-3-1)10-14-11-17-18-15(14)13-6-8-16-9-7-13/h1-5,11,13,16H,6-10H2,(H,17,18). The third-order valence-corrected chi connectivity index (χ3v) is 3.74. The van der Waals surface area contributed by atoms with E-state index in [1.54, 1.807) is 0 Å². The topological polar surface area (TPSA) is 40.7 Å². The van der Waals surface area contributed by atoms with E-state index in [9.17, 15) is 0 Å². The normalized spacial score (nSPS) is 16.9. The molecule has 0 unspecified atom stereocenters. The second-order valence-corrected chi connectivity index (χ2v) is 5.00. The number of aromatic amines is 1. The van der Waals surface area contributed by atoms with Crippen molar-refractivity contribution in [2.45, 2.75) is 25.2 Å². The van der Waals surface area contributed by atoms with Gasteiger partial charge >= 0.3 is 0 Å². The molecule has 18 heavy (non-hydrogen) atoms. The van der Waals surface area contributed by atoms with Gasteiger partial charge in [0.05, 0.1) is 6.20 Å². The molecule has 0 radical (unpaired) electrons. The lowest BCUT2D eigenvalue weighted by Gasteiger charge is -2.22. The van der Waals surface area contributed by atoms with Crippen LogP contribution in [0.25, 0.3) is 0 Å². The summed E-state index contributed by atoms with van der Waals surface area (Å²) >= 11 is 0. The second-order valence-electron chi connectivity index (χ2n) is 5.00. The monoisotopic (exact) mass is 241 g/mol. The molecule has 1 aliphatic rings. The maximum Gasteiger partial charge on any atom is 0.0525 e. The van der Waals surface area contributed by atoms with Crippen LogP contribution in [0.5, 0.6) is 0 Å². The summed E-state index contributed by atoms with van der Waals surface area (Å²) in [6.07, 6.45) is 5.40. The maximum atomic E-state index is 4.25. The lowest BCUT2D eigenvalue weighted by molar-refractivity contribution is 0.451. The highest BCUT2D eigenvalue weighted by atomic mass is 15.1. The molecule has 0 amide bonds. The highest BCUT2D eigenvalue weighted by molar-refractivity contribution is 5.29. The summed E-state index contributed by atoms with van der Waals surface area (Å²) in [5.74, 6) is 0.646. The molecule has 1 aliphatic heterocycles. The number of nitrogens with zero attached hydrogens (tertiary/aromatic N) is 1. The van der Waals surface area contributed by atoms with Gasteiger partial charge in [-0.05, 0) is 37.1 Å². The summed E-state index contributed by atoms with van der Waals surface area (Å²) in [7, 11) is 0. The van der Waals surface area contributed by atoms with Gasteiger partial charge < -0.3 is 5.32 Å². The number of hydrogen-bond acceptors (Lipinski definition) is 2. The van der Waals surface area contributed by atoms with Gasteiger partial charge in [-0.1, -0.05) is 30.3 Å². The molecule has 2 N–H and O–H groups in total. The number of piperidine rings is 1. The highest BCUT2D eigenvalue weighted by Crippen LogP contribution is 2.27. The fraction of sp³-hybridized carbons (Fsp3) is 0.400. The molecule has 1 saturated heterocycles. The van der Waals surface area contributed by atoms with Crippen LogP contribution in [0.4, 0.5) is 0 Å². The van der Waals surface area contributed by atoms with Crippen molar-refractivity contribution in [3.63, 3.8) is 0 Å². The molecule has 1 aromatic carbocycles. The van der Waals surface area contributed by atoms with Gasteiger partial charge in [-0.15, -0.1) is 0 Å². The van der Waals surface area contributed by atoms with Gasteiger partial charge in [0.25, 0.3) is 0 Å². The predicted molar refractivity (Wildman–Crippen MR) is 72.7 cm³/mol. The van der Waals surface area contributed by atoms with E-state index in [0.29, 0.717) is 5.92 Å². The van der Waals surface area contributed by atoms with Gasteiger partial charge in [0.15, 0.2) is 0 Å². The van der Waals surface area contributed by atoms with Crippen molar-refractivity contribution in [3.8, 4) is 0 Å². The van der Waals surface area contributed by atoms with Gasteiger partial charge in [0.2, 0.25) is 0 Å². The van der Waals surface area contributed by atoms with Crippen LogP contribution in [0.2, 0.25) is 0 Å². The van der Waals surface area contributed by atoms with E-state index in [1.807, 2.05) is 6.20 Å². The first-order valence-corrected chi connectivity index (χ1v) is 6.70. The Hall–Kier alpha value is -1.61. The first-order valence-electron chi connectivity index (χ1n) is 6.70. The molecule has 3 nitrogen and oxygen atoms in total. The average Bonchev–Trinajstić information content (AvgIpc) is 2.89. The summed E-state index contributed by atoms with van der Waals surface area (Å²) < 4.78 is 0. The van der Waals surface area contributed by atoms with Crippen molar-refractivity contribution in [3.05, 3.63) is 53.3 Å². The van der Waals surface area contributed by atoms with E-state index in [1.165, 1.54) is 29.7 Å². The van der Waals surface area contributed by atoms with Crippen molar-refractivity contribution in [1.82, 2.24) is 15.5 Å². The van der Waals surface area contributed by atoms with Gasteiger partial charge in [0.1, 0.15) is 0 Å². The molecule has 0 spiro atoms. The lowest BCUT2D eigenvalue weighted by atomic mass is 9.90. The fourth-order valence-corrected chi connectivity index (χ4v) is 2.74. The summed E-state index contributed by atoms with van der Waals surface area (Å²) in [4.78, 5) is 0. The minimum Gasteiger partial charge on any atom is -0.317 e. The van der Waals surface area contributed by atoms with Crippen LogP contribution in [-0.2, 0) is 6.42 Å². The molecule has 0 saturated carbocycles. The summed E-state index contributed by atoms with van der Waals surface area (Å²) in [5, 5.41) is 10.9. The van der Waals surface area contributed by atoms with Gasteiger partial charge in [0, 0.05) is 18.0 Å². The number of benzene rings is 1. The second kappa shape index (κ2) is 5.36. The molecule has 0 aliphatic carbocycles. The van der Waals surface area contributed by atoms with Crippen LogP contribution in [0.15, 0.2) is 36.5 Å². The van der Waals surface area contributed by atoms with Gasteiger partial charge in [-0.25, -0.2) is 0 Å². The van der Waals surface area contributed by atoms with Crippen molar-refractivity contribution in [1.29, 1.82) is 0 Å². The Bertz CT molecular complexity index is 483. The first kappa shape index (κ1) is 11.5. The summed E-state index contributed by atoms with van der Waals surface area (Å²) in [6, 6.07) is 10.6. The number of nitrogens with one attached hydrogen (secondary N) is 2. The molecule has 0 bridgehead atoms. The summed E-state index contributed by atoms with van der Waals surface area (Å²) in [5.41, 5.74) is 4.06. The van der Waals surface area contributed by atoms with Crippen molar-refractivity contribution < 1.29 is 0 Å². The maximum absolute atomic E-state index is 4.25. The largest absolute Gasteiger partial charge is 0.317 e. The van der Waals surface area contributed by atoms with E-state index >= 15 is 0 Å². The van der Waals surface area contributed by atoms with E-state index in [4.69, 9.17) is 0 Å². The zero-order valence-corrected chi connectivity index (χ0v) is 10.5. The molecule has 1 aromatic heterocycles. The smallest absolute Gasteiger partial charge is 0.0525 e. The van der Waals surface area contributed by atoms with Crippen LogP contribution in [0, 0.1) is 0 Å². The number of hydrogen-bond donors (Lipinski definition) is 2. The van der Waals surface area contributed by atoms with Crippen LogP contribution in [0.3, 0.4) is 0 Å². The first-order chi connectivity index (χ1) is 8.93. The van der Waals surface area contributed by atoms with Crippen LogP contribution in [-0.4, -0.2) is 23.3 Å². The molecule has 94 valence electrons. The van der Waals surface area contributed by atoms with Crippen LogP contribution < -0.4 is 5.32 Å². The molecule has 2 heterocycles. The number of rotatable bonds is 3. The lowest BCUT2D eigenvalue weighted by Crippen LogP contribution is -2.27. The molecule has 3 heteroatoms. The Labute approximate surface area is 108 Å². The van der Waals surface area contributed by atoms with Crippen LogP contribution >= 0.6 is 0 Å². The van der Waals surface area contributed by atoms with Crippen molar-refractivity contribution in [2.24, 2.45) is 0 Å². The average molecular weight is 241 g/mol. The summed E-state index contributed by atoms with van der Waals surface area (Å²) in [6.45, 7) is 2.24. The molecule has 1 fully saturated rings. The number of aromatic nitrogens is 2. The van der Waals surface area contributed by atoms with E-state index in [2.05, 4.69) is 45.8 Å². The predicted octanol–water partition coefficient (Wildman–Crippen LogP) is 2.47. The fourth-order valence-electron chi connectivity index (χ4n) is 2.74. The Kier molecular flexibility index (Phi) is 3.42. The Morgan fingerprint density at radius 3 is 2.67 bits per heavy atom. The van der Waals surface area contributed by atoms with Crippen LogP contribution in [0.1, 0.15) is 35.6 Å². The SMILES string of the molecule is c1ccc(Cc2cn[nH]c2C2CCNCC2)cc1. The minimum atomic E-state index is 0.646. The van der Waals surface area contributed by atoms with E-state index in [0.717, 1.165) is 19.5 Å². The van der Waals surface area contributed by atoms with E-state index < -0.39 is 0 Å². The van der Waals surface area contributed by atoms with Crippen molar-refractivity contribution >= 4 is 0 Å². The Morgan fingerprint density at radius 2 is 1.89 bits per heavy atom. The third kappa shape index (κ3) is 2.46. The third-order valence-electron chi connectivity index (χ3n) is 3.74. The molecular formula is C15H19N3.